The van der Waals surface area contributed by atoms with Gasteiger partial charge in [-0.1, -0.05) is 32.6 Å². The molecule has 0 aromatic heterocycles. The molecular weight excluding hydrogens is 200 g/mol. The Kier molecular flexibility index (Phi) is 6.46. The molecule has 0 saturated carbocycles. The van der Waals surface area contributed by atoms with E-state index < -0.39 is 0 Å². The third-order valence-corrected chi connectivity index (χ3v) is 3.36. The average Bonchev–Trinajstić information content (AvgIpc) is 2.22. The number of carbonyl (C=O) groups excluding carboxylic acids is 1. The zero-order chi connectivity index (χ0) is 11.8. The van der Waals surface area contributed by atoms with Crippen molar-refractivity contribution in [3.63, 3.8) is 0 Å². The van der Waals surface area contributed by atoms with Gasteiger partial charge in [-0.25, -0.2) is 0 Å². The van der Waals surface area contributed by atoms with Crippen molar-refractivity contribution in [2.24, 2.45) is 0 Å². The third kappa shape index (κ3) is 4.12. The van der Waals surface area contributed by atoms with Gasteiger partial charge in [-0.2, -0.15) is 0 Å². The standard InChI is InChI=1S/C13H26N2O/c1-3-5-6-7-8-9-13(16)15(4-2)12-10-14-11-12/h12,14H,3-11H2,1-2H3. The van der Waals surface area contributed by atoms with E-state index in [4.69, 9.17) is 0 Å². The highest BCUT2D eigenvalue weighted by atomic mass is 16.2. The second kappa shape index (κ2) is 7.66. The molecule has 0 radical (unpaired) electrons. The highest BCUT2D eigenvalue weighted by Gasteiger charge is 2.26. The van der Waals surface area contributed by atoms with E-state index in [0.29, 0.717) is 11.9 Å². The van der Waals surface area contributed by atoms with Gasteiger partial charge in [-0.3, -0.25) is 4.79 Å². The Morgan fingerprint density at radius 1 is 1.19 bits per heavy atom. The van der Waals surface area contributed by atoms with Gasteiger partial charge in [-0.05, 0) is 13.3 Å². The minimum absolute atomic E-state index is 0.352. The molecule has 1 aliphatic heterocycles. The summed E-state index contributed by atoms with van der Waals surface area (Å²) in [7, 11) is 0. The summed E-state index contributed by atoms with van der Waals surface area (Å²) in [6.45, 7) is 7.12. The number of rotatable bonds is 8. The topological polar surface area (TPSA) is 32.3 Å². The number of carbonyl (C=O) groups is 1. The molecule has 3 nitrogen and oxygen atoms in total. The van der Waals surface area contributed by atoms with Gasteiger partial charge in [0.25, 0.3) is 0 Å². The van der Waals surface area contributed by atoms with Gasteiger partial charge in [-0.15, -0.1) is 0 Å². The van der Waals surface area contributed by atoms with Crippen LogP contribution in [0.1, 0.15) is 52.4 Å². The van der Waals surface area contributed by atoms with Gasteiger partial charge >= 0.3 is 0 Å². The van der Waals surface area contributed by atoms with Crippen LogP contribution in [0.2, 0.25) is 0 Å². The van der Waals surface area contributed by atoms with E-state index in [9.17, 15) is 4.79 Å². The number of amides is 1. The van der Waals surface area contributed by atoms with Gasteiger partial charge < -0.3 is 10.2 Å². The summed E-state index contributed by atoms with van der Waals surface area (Å²) in [5.41, 5.74) is 0. The Labute approximate surface area is 99.6 Å². The van der Waals surface area contributed by atoms with Crippen LogP contribution >= 0.6 is 0 Å². The molecule has 1 heterocycles. The first-order valence-corrected chi connectivity index (χ1v) is 6.79. The highest BCUT2D eigenvalue weighted by molar-refractivity contribution is 5.76. The van der Waals surface area contributed by atoms with Crippen LogP contribution in [0.5, 0.6) is 0 Å². The summed E-state index contributed by atoms with van der Waals surface area (Å²) >= 11 is 0. The van der Waals surface area contributed by atoms with Crippen LogP contribution in [-0.4, -0.2) is 36.5 Å². The van der Waals surface area contributed by atoms with E-state index in [2.05, 4.69) is 19.2 Å². The maximum Gasteiger partial charge on any atom is 0.222 e. The van der Waals surface area contributed by atoms with E-state index in [-0.39, 0.29) is 0 Å². The number of hydrogen-bond acceptors (Lipinski definition) is 2. The fourth-order valence-corrected chi connectivity index (χ4v) is 2.16. The van der Waals surface area contributed by atoms with E-state index >= 15 is 0 Å². The van der Waals surface area contributed by atoms with Gasteiger partial charge in [0.2, 0.25) is 5.91 Å². The molecular formula is C13H26N2O. The Hall–Kier alpha value is -0.570. The van der Waals surface area contributed by atoms with Crippen molar-refractivity contribution in [1.82, 2.24) is 10.2 Å². The van der Waals surface area contributed by atoms with Crippen molar-refractivity contribution in [2.45, 2.75) is 58.4 Å². The second-order valence-corrected chi connectivity index (χ2v) is 4.66. The van der Waals surface area contributed by atoms with Crippen LogP contribution in [-0.2, 0) is 4.79 Å². The van der Waals surface area contributed by atoms with Gasteiger partial charge in [0, 0.05) is 26.1 Å². The fourth-order valence-electron chi connectivity index (χ4n) is 2.16. The van der Waals surface area contributed by atoms with Crippen LogP contribution in [0.4, 0.5) is 0 Å². The van der Waals surface area contributed by atoms with Crippen molar-refractivity contribution >= 4 is 5.91 Å². The molecule has 0 aromatic carbocycles. The summed E-state index contributed by atoms with van der Waals surface area (Å²) in [6.07, 6.45) is 6.87. The first kappa shape index (κ1) is 13.5. The maximum atomic E-state index is 11.9. The highest BCUT2D eigenvalue weighted by Crippen LogP contribution is 2.10. The number of likely N-dealkylation sites (N-methyl/N-ethyl adjacent to an activating group) is 1. The molecule has 1 N–H and O–H groups in total. The minimum Gasteiger partial charge on any atom is -0.337 e. The monoisotopic (exact) mass is 226 g/mol. The zero-order valence-corrected chi connectivity index (χ0v) is 10.8. The van der Waals surface area contributed by atoms with Crippen LogP contribution in [0.25, 0.3) is 0 Å². The number of nitrogens with zero attached hydrogens (tertiary/aromatic N) is 1. The molecule has 0 atom stereocenters. The molecule has 0 aliphatic carbocycles. The van der Waals surface area contributed by atoms with E-state index in [1.54, 1.807) is 0 Å². The van der Waals surface area contributed by atoms with Crippen molar-refractivity contribution in [1.29, 1.82) is 0 Å². The molecule has 1 rings (SSSR count). The molecule has 1 fully saturated rings. The molecule has 0 spiro atoms. The van der Waals surface area contributed by atoms with E-state index in [1.165, 1.54) is 25.7 Å². The summed E-state index contributed by atoms with van der Waals surface area (Å²) in [5, 5.41) is 3.22. The molecule has 1 aliphatic rings. The Morgan fingerprint density at radius 3 is 2.38 bits per heavy atom. The number of unbranched alkanes of at least 4 members (excludes halogenated alkanes) is 4. The molecule has 0 unspecified atom stereocenters. The Morgan fingerprint density at radius 2 is 1.88 bits per heavy atom. The maximum absolute atomic E-state index is 11.9. The van der Waals surface area contributed by atoms with Crippen LogP contribution in [0.3, 0.4) is 0 Å². The first-order valence-electron chi connectivity index (χ1n) is 6.79. The largest absolute Gasteiger partial charge is 0.337 e. The van der Waals surface area contributed by atoms with Crippen LogP contribution < -0.4 is 5.32 Å². The van der Waals surface area contributed by atoms with Crippen molar-refractivity contribution in [3.05, 3.63) is 0 Å². The molecule has 16 heavy (non-hydrogen) atoms. The Balaban J connectivity index is 2.11. The van der Waals surface area contributed by atoms with Crippen LogP contribution in [0.15, 0.2) is 0 Å². The van der Waals surface area contributed by atoms with Crippen LogP contribution in [0, 0.1) is 0 Å². The van der Waals surface area contributed by atoms with Gasteiger partial charge in [0.05, 0.1) is 6.04 Å². The van der Waals surface area contributed by atoms with Gasteiger partial charge in [0.1, 0.15) is 0 Å². The van der Waals surface area contributed by atoms with E-state index in [0.717, 1.165) is 32.5 Å². The predicted molar refractivity (Wildman–Crippen MR) is 67.4 cm³/mol. The number of hydrogen-bond donors (Lipinski definition) is 1. The lowest BCUT2D eigenvalue weighted by atomic mass is 10.1. The van der Waals surface area contributed by atoms with Crippen molar-refractivity contribution < 1.29 is 4.79 Å². The zero-order valence-electron chi connectivity index (χ0n) is 10.8. The predicted octanol–water partition coefficient (Wildman–Crippen LogP) is 2.17. The molecule has 0 bridgehead atoms. The summed E-state index contributed by atoms with van der Waals surface area (Å²) in [6, 6.07) is 0.466. The SMILES string of the molecule is CCCCCCCC(=O)N(CC)C1CNC1. The lowest BCUT2D eigenvalue weighted by Gasteiger charge is -2.37. The number of nitrogens with one attached hydrogen (secondary N) is 1. The Bertz CT molecular complexity index is 202. The second-order valence-electron chi connectivity index (χ2n) is 4.66. The summed E-state index contributed by atoms with van der Waals surface area (Å²) in [4.78, 5) is 14.0. The fraction of sp³-hybridized carbons (Fsp3) is 0.923. The lowest BCUT2D eigenvalue weighted by molar-refractivity contribution is -0.134. The van der Waals surface area contributed by atoms with Gasteiger partial charge in [0.15, 0.2) is 0 Å². The van der Waals surface area contributed by atoms with Crippen molar-refractivity contribution in [3.8, 4) is 0 Å². The third-order valence-electron chi connectivity index (χ3n) is 3.36. The normalized spacial score (nSPS) is 15.9. The quantitative estimate of drug-likeness (QED) is 0.643. The lowest BCUT2D eigenvalue weighted by Crippen LogP contribution is -2.58. The molecule has 3 heteroatoms. The van der Waals surface area contributed by atoms with E-state index in [1.807, 2.05) is 4.90 Å². The molecule has 1 saturated heterocycles. The summed E-state index contributed by atoms with van der Waals surface area (Å²) in [5.74, 6) is 0.352. The average molecular weight is 226 g/mol. The molecule has 1 amide bonds. The minimum atomic E-state index is 0.352. The molecule has 94 valence electrons. The smallest absolute Gasteiger partial charge is 0.222 e. The van der Waals surface area contributed by atoms with Crippen molar-refractivity contribution in [2.75, 3.05) is 19.6 Å². The summed E-state index contributed by atoms with van der Waals surface area (Å²) < 4.78 is 0. The first-order chi connectivity index (χ1) is 7.79. The molecule has 0 aromatic rings.